The van der Waals surface area contributed by atoms with Gasteiger partial charge >= 0.3 is 6.18 Å². The van der Waals surface area contributed by atoms with Gasteiger partial charge in [0.25, 0.3) is 0 Å². The van der Waals surface area contributed by atoms with E-state index in [1.165, 1.54) is 4.90 Å². The van der Waals surface area contributed by atoms with Gasteiger partial charge in [0, 0.05) is 52.9 Å². The minimum absolute atomic E-state index is 0.190. The smallest absolute Gasteiger partial charge is 0.399 e. The topological polar surface area (TPSA) is 92.7 Å². The summed E-state index contributed by atoms with van der Waals surface area (Å²) in [5, 5.41) is 0. The number of piperidine rings is 1. The van der Waals surface area contributed by atoms with Crippen LogP contribution in [0, 0.1) is 0 Å². The number of hydrogen-bond acceptors (Lipinski definition) is 5. The van der Waals surface area contributed by atoms with Crippen LogP contribution in [0.2, 0.25) is 0 Å². The van der Waals surface area contributed by atoms with Crippen molar-refractivity contribution in [1.29, 1.82) is 0 Å². The van der Waals surface area contributed by atoms with Gasteiger partial charge in [0.15, 0.2) is 5.62 Å². The Hall–Kier alpha value is -1.49. The second-order valence-electron chi connectivity index (χ2n) is 6.39. The van der Waals surface area contributed by atoms with Crippen LogP contribution in [-0.4, -0.2) is 64.0 Å². The number of nitrogens with two attached hydrogens (primary N) is 2. The summed E-state index contributed by atoms with van der Waals surface area (Å²) in [5.41, 5.74) is 12.2. The number of carbonyl (C=O) groups excluding carboxylic acids is 1. The molecule has 0 atom stereocenters. The van der Waals surface area contributed by atoms with E-state index >= 15 is 0 Å². The molecule has 1 heterocycles. The number of likely N-dealkylation sites (tertiary alicyclic amines) is 1. The van der Waals surface area contributed by atoms with Gasteiger partial charge in [-0.1, -0.05) is 0 Å². The van der Waals surface area contributed by atoms with Crippen molar-refractivity contribution in [3.8, 4) is 0 Å². The Bertz CT molecular complexity index is 646. The molecule has 26 heavy (non-hydrogen) atoms. The van der Waals surface area contributed by atoms with Gasteiger partial charge in [0.2, 0.25) is 0 Å². The van der Waals surface area contributed by atoms with Crippen molar-refractivity contribution < 1.29 is 22.2 Å². The molecule has 1 aromatic carbocycles. The van der Waals surface area contributed by atoms with Gasteiger partial charge in [0.1, 0.15) is 0 Å². The third-order valence-electron chi connectivity index (χ3n) is 4.53. The third-order valence-corrected chi connectivity index (χ3v) is 7.14. The van der Waals surface area contributed by atoms with Crippen LogP contribution in [0.1, 0.15) is 12.8 Å². The molecule has 1 aliphatic rings. The van der Waals surface area contributed by atoms with Crippen molar-refractivity contribution >= 4 is 21.4 Å². The van der Waals surface area contributed by atoms with Gasteiger partial charge in [0.05, 0.1) is 6.54 Å². The molecule has 0 radical (unpaired) electrons. The number of nitrogens with zero attached hydrogens (tertiary/aromatic N) is 2. The number of benzene rings is 1. The van der Waals surface area contributed by atoms with E-state index in [1.54, 1.807) is 28.6 Å². The Balaban J connectivity index is 2.18. The first-order valence-corrected chi connectivity index (χ1v) is 10.1. The highest BCUT2D eigenvalue weighted by Gasteiger charge is 2.37. The van der Waals surface area contributed by atoms with Crippen LogP contribution < -0.4 is 11.5 Å². The summed E-state index contributed by atoms with van der Waals surface area (Å²) in [6.45, 7) is -0.0858. The van der Waals surface area contributed by atoms with E-state index < -0.39 is 22.8 Å². The molecule has 0 bridgehead atoms. The fourth-order valence-corrected chi connectivity index (χ4v) is 5.54. The lowest BCUT2D eigenvalue weighted by Gasteiger charge is -2.42. The molecule has 0 amide bonds. The summed E-state index contributed by atoms with van der Waals surface area (Å²) < 4.78 is 52.7. The lowest BCUT2D eigenvalue weighted by molar-refractivity contribution is -0.148. The predicted octanol–water partition coefficient (Wildman–Crippen LogP) is 1.04. The van der Waals surface area contributed by atoms with Crippen molar-refractivity contribution in [3.63, 3.8) is 0 Å². The van der Waals surface area contributed by atoms with Crippen molar-refractivity contribution in [2.24, 2.45) is 5.73 Å². The number of nitrogen functional groups attached to an aromatic ring is 1. The maximum Gasteiger partial charge on any atom is 0.401 e. The quantitative estimate of drug-likeness (QED) is 0.365. The molecule has 0 unspecified atom stereocenters. The zero-order valence-electron chi connectivity index (χ0n) is 14.4. The summed E-state index contributed by atoms with van der Waals surface area (Å²) in [4.78, 5) is 13.5. The minimum Gasteiger partial charge on any atom is -0.399 e. The molecule has 0 spiro atoms. The van der Waals surface area contributed by atoms with Gasteiger partial charge < -0.3 is 11.5 Å². The van der Waals surface area contributed by atoms with Crippen LogP contribution in [0.4, 0.5) is 18.9 Å². The summed E-state index contributed by atoms with van der Waals surface area (Å²) >= 11 is 0. The van der Waals surface area contributed by atoms with Crippen molar-refractivity contribution in [1.82, 2.24) is 9.21 Å². The second-order valence-corrected chi connectivity index (χ2v) is 8.88. The van der Waals surface area contributed by atoms with E-state index in [-0.39, 0.29) is 32.2 Å². The molecule has 2 rings (SSSR count). The first-order chi connectivity index (χ1) is 12.2. The Morgan fingerprint density at radius 3 is 2.27 bits per heavy atom. The molecule has 10 heteroatoms. The molecule has 148 valence electrons. The molecule has 1 fully saturated rings. The monoisotopic (exact) mass is 394 g/mol. The average Bonchev–Trinajstić information content (AvgIpc) is 2.59. The minimum atomic E-state index is -4.24. The highest BCUT2D eigenvalue weighted by molar-refractivity contribution is 8.13. The molecule has 6 nitrogen and oxygen atoms in total. The molecule has 0 aliphatic carbocycles. The molecule has 1 saturated heterocycles. The molecule has 1 aromatic rings. The van der Waals surface area contributed by atoms with Crippen LogP contribution >= 0.6 is 0 Å². The average molecular weight is 394 g/mol. The zero-order chi connectivity index (χ0) is 19.4. The van der Waals surface area contributed by atoms with Crippen molar-refractivity contribution in [2.45, 2.75) is 30.0 Å². The van der Waals surface area contributed by atoms with Crippen LogP contribution in [0.5, 0.6) is 0 Å². The predicted molar refractivity (Wildman–Crippen MR) is 96.7 cm³/mol. The first-order valence-electron chi connectivity index (χ1n) is 8.38. The first kappa shape index (κ1) is 20.8. The van der Waals surface area contributed by atoms with E-state index in [2.05, 4.69) is 0 Å². The number of anilines is 1. The molecular formula is C16H25F3N4O2S. The van der Waals surface area contributed by atoms with Gasteiger partial charge in [-0.3, -0.25) is 13.9 Å². The fourth-order valence-electron chi connectivity index (χ4n) is 3.29. The Morgan fingerprint density at radius 1 is 1.23 bits per heavy atom. The Kier molecular flexibility index (Phi) is 6.78. The van der Waals surface area contributed by atoms with Crippen LogP contribution in [-0.2, 0) is 14.9 Å². The summed E-state index contributed by atoms with van der Waals surface area (Å²) in [6.07, 6.45) is -3.46. The van der Waals surface area contributed by atoms with Gasteiger partial charge in [-0.05, 0) is 37.1 Å². The molecule has 4 N–H and O–H groups in total. The lowest BCUT2D eigenvalue weighted by atomic mass is 10.1. The number of carbonyl (C=O) groups is 1. The van der Waals surface area contributed by atoms with Crippen molar-refractivity contribution in [3.05, 3.63) is 24.3 Å². The van der Waals surface area contributed by atoms with Crippen LogP contribution in [0.25, 0.3) is 0 Å². The number of alkyl halides is 3. The SMILES string of the molecule is NCCN(C1CCN(CC(F)(F)F)CC1)[SH](=O)(C=O)c1ccc(N)cc1. The highest BCUT2D eigenvalue weighted by Crippen LogP contribution is 2.29. The normalized spacial score (nSPS) is 18.2. The largest absolute Gasteiger partial charge is 0.401 e. The number of thiol groups is 1. The van der Waals surface area contributed by atoms with E-state index in [0.29, 0.717) is 29.0 Å². The number of rotatable bonds is 7. The molecular weight excluding hydrogens is 369 g/mol. The molecule has 0 saturated carbocycles. The maximum absolute atomic E-state index is 13.5. The number of halogens is 3. The van der Waals surface area contributed by atoms with Gasteiger partial charge in [-0.25, -0.2) is 4.31 Å². The molecule has 1 aliphatic heterocycles. The standard InChI is InChI=1S/C16H25F3N4O2S/c17-16(18,19)11-22-8-5-14(6-9-22)23(10-7-20)26(25,12-24)15-3-1-13(21)2-4-15/h1-4,12,14,26H,5-11,20-21H2. The van der Waals surface area contributed by atoms with E-state index in [0.717, 1.165) is 0 Å². The van der Waals surface area contributed by atoms with Crippen LogP contribution in [0.3, 0.4) is 0 Å². The van der Waals surface area contributed by atoms with Gasteiger partial charge in [-0.15, -0.1) is 0 Å². The zero-order valence-corrected chi connectivity index (χ0v) is 15.3. The van der Waals surface area contributed by atoms with Crippen molar-refractivity contribution in [2.75, 3.05) is 38.5 Å². The number of hydrogen-bond donors (Lipinski definition) is 3. The van der Waals surface area contributed by atoms with E-state index in [9.17, 15) is 22.2 Å². The third kappa shape index (κ3) is 5.03. The Labute approximate surface area is 151 Å². The molecule has 0 aromatic heterocycles. The highest BCUT2D eigenvalue weighted by atomic mass is 32.3. The van der Waals surface area contributed by atoms with E-state index in [1.807, 2.05) is 0 Å². The van der Waals surface area contributed by atoms with Gasteiger partial charge in [-0.2, -0.15) is 13.2 Å². The van der Waals surface area contributed by atoms with Crippen LogP contribution in [0.15, 0.2) is 29.2 Å². The Morgan fingerprint density at radius 2 is 1.81 bits per heavy atom. The second kappa shape index (κ2) is 8.47. The van der Waals surface area contributed by atoms with E-state index in [4.69, 9.17) is 11.5 Å². The lowest BCUT2D eigenvalue weighted by Crippen LogP contribution is -2.52. The summed E-state index contributed by atoms with van der Waals surface area (Å²) in [6, 6.07) is 5.96. The summed E-state index contributed by atoms with van der Waals surface area (Å²) in [5.74, 6) is 0. The summed E-state index contributed by atoms with van der Waals surface area (Å²) in [7, 11) is -3.55. The maximum atomic E-state index is 13.5. The fraction of sp³-hybridized carbons (Fsp3) is 0.562.